The number of benzene rings is 4. The number of hydrogen-bond acceptors (Lipinski definition) is 10. The second-order valence-electron chi connectivity index (χ2n) is 16.4. The number of oxime groups is 1. The standard InChI is InChI=1S/C47H54N2O8S/c1-5-25-54-47-43(58-37-21-19-31-13-6-7-14-32(31)26-37)30-41(48-57-46(2,3)4)39-27-33(15-8-10-23-50)38(18-9-11-24-51)44(45(39)47)40-29-36(20-22-42(40)56-47)55-35-17-12-16-34(28-35)49(52)53/h5-7,12-14,16-17,19-22,26-29,33,38,43-45,50-51H,1,8-11,15,18,23-25,30H2,2-4H3. The number of allylic oxidation sites excluding steroid dienone is 1. The van der Waals surface area contributed by atoms with Gasteiger partial charge in [-0.05, 0) is 111 Å². The highest BCUT2D eigenvalue weighted by Crippen LogP contribution is 2.63. The number of nitro groups is 1. The summed E-state index contributed by atoms with van der Waals surface area (Å²) in [6.45, 7) is 10.5. The molecular weight excluding hydrogens is 753 g/mol. The van der Waals surface area contributed by atoms with Gasteiger partial charge in [-0.15, -0.1) is 18.3 Å². The van der Waals surface area contributed by atoms with E-state index in [9.17, 15) is 20.3 Å². The summed E-state index contributed by atoms with van der Waals surface area (Å²) in [7, 11) is 0. The van der Waals surface area contributed by atoms with E-state index in [1.807, 2.05) is 45.0 Å². The van der Waals surface area contributed by atoms with Crippen molar-refractivity contribution in [2.45, 2.75) is 93.2 Å². The van der Waals surface area contributed by atoms with Crippen molar-refractivity contribution in [2.75, 3.05) is 19.8 Å². The average Bonchev–Trinajstić information content (AvgIpc) is 3.21. The molecule has 0 amide bonds. The van der Waals surface area contributed by atoms with E-state index in [-0.39, 0.29) is 54.4 Å². The molecule has 306 valence electrons. The molecule has 2 N–H and O–H groups in total. The summed E-state index contributed by atoms with van der Waals surface area (Å²) in [5.41, 5.74) is 2.28. The van der Waals surface area contributed by atoms with Gasteiger partial charge in [-0.2, -0.15) is 0 Å². The molecule has 2 aliphatic carbocycles. The van der Waals surface area contributed by atoms with Crippen LogP contribution in [0, 0.1) is 27.9 Å². The number of rotatable bonds is 17. The van der Waals surface area contributed by atoms with Crippen molar-refractivity contribution in [3.8, 4) is 17.2 Å². The fourth-order valence-electron chi connectivity index (χ4n) is 8.88. The molecule has 0 radical (unpaired) electrons. The molecule has 0 saturated heterocycles. The number of ether oxygens (including phenoxy) is 3. The number of hydrogen-bond donors (Lipinski definition) is 2. The highest BCUT2D eigenvalue weighted by Gasteiger charge is 2.64. The Hall–Kier alpha value is -4.68. The van der Waals surface area contributed by atoms with E-state index in [1.54, 1.807) is 30.0 Å². The van der Waals surface area contributed by atoms with Crippen LogP contribution < -0.4 is 9.47 Å². The molecule has 1 heterocycles. The van der Waals surface area contributed by atoms with Crippen LogP contribution in [0.25, 0.3) is 10.8 Å². The van der Waals surface area contributed by atoms with E-state index in [4.69, 9.17) is 24.2 Å². The van der Waals surface area contributed by atoms with Crippen molar-refractivity contribution in [2.24, 2.45) is 22.9 Å². The third-order valence-electron chi connectivity index (χ3n) is 11.3. The lowest BCUT2D eigenvalue weighted by Crippen LogP contribution is -2.64. The molecule has 6 atom stereocenters. The first-order valence-corrected chi connectivity index (χ1v) is 21.3. The minimum absolute atomic E-state index is 0.0545. The van der Waals surface area contributed by atoms with Gasteiger partial charge in [0.05, 0.1) is 34.5 Å². The first kappa shape index (κ1) is 41.5. The van der Waals surface area contributed by atoms with Gasteiger partial charge in [0, 0.05) is 42.1 Å². The van der Waals surface area contributed by atoms with Crippen molar-refractivity contribution in [3.63, 3.8) is 0 Å². The molecule has 10 nitrogen and oxygen atoms in total. The zero-order chi connectivity index (χ0) is 40.9. The van der Waals surface area contributed by atoms with E-state index in [1.165, 1.54) is 12.1 Å². The van der Waals surface area contributed by atoms with Crippen LogP contribution in [0.15, 0.2) is 119 Å². The molecule has 1 aliphatic heterocycles. The molecule has 0 aromatic heterocycles. The fraction of sp³-hybridized carbons (Fsp3) is 0.426. The SMILES string of the molecule is C=CCOC12Oc3ccc(Oc4cccc([N+](=O)[O-])c4)cc3C3C(CCCCO)C(CCCCO)C=C(C(=NOC(C)(C)C)CC1Sc1ccc4ccccc4c1)C32. The van der Waals surface area contributed by atoms with Crippen LogP contribution >= 0.6 is 11.8 Å². The Kier molecular flexibility index (Phi) is 12.9. The maximum atomic E-state index is 11.6. The van der Waals surface area contributed by atoms with Crippen molar-refractivity contribution >= 4 is 33.9 Å². The molecule has 7 rings (SSSR count). The van der Waals surface area contributed by atoms with Crippen molar-refractivity contribution < 1.29 is 34.2 Å². The van der Waals surface area contributed by atoms with Gasteiger partial charge in [0.1, 0.15) is 22.8 Å². The first-order valence-electron chi connectivity index (χ1n) is 20.4. The first-order chi connectivity index (χ1) is 28.0. The summed E-state index contributed by atoms with van der Waals surface area (Å²) in [6.07, 6.45) is 9.42. The van der Waals surface area contributed by atoms with Crippen LogP contribution in [0.2, 0.25) is 0 Å². The Labute approximate surface area is 345 Å². The van der Waals surface area contributed by atoms with E-state index >= 15 is 0 Å². The molecule has 3 aliphatic rings. The Morgan fingerprint density at radius 3 is 2.45 bits per heavy atom. The summed E-state index contributed by atoms with van der Waals surface area (Å²) in [4.78, 5) is 18.5. The Morgan fingerprint density at radius 2 is 1.71 bits per heavy atom. The summed E-state index contributed by atoms with van der Waals surface area (Å²) in [6, 6.07) is 26.9. The van der Waals surface area contributed by atoms with Gasteiger partial charge in [0.25, 0.3) is 5.69 Å². The van der Waals surface area contributed by atoms with Gasteiger partial charge in [-0.25, -0.2) is 0 Å². The molecule has 0 spiro atoms. The number of aliphatic hydroxyl groups is 2. The molecule has 6 unspecified atom stereocenters. The smallest absolute Gasteiger partial charge is 0.273 e. The quantitative estimate of drug-likeness (QED) is 0.0463. The van der Waals surface area contributed by atoms with Gasteiger partial charge in [0.2, 0.25) is 5.79 Å². The molecule has 4 aromatic rings. The number of non-ortho nitro benzene ring substituents is 1. The van der Waals surface area contributed by atoms with Crippen LogP contribution in [0.3, 0.4) is 0 Å². The summed E-state index contributed by atoms with van der Waals surface area (Å²) in [5, 5.41) is 38.4. The third kappa shape index (κ3) is 8.98. The Bertz CT molecular complexity index is 2160. The lowest BCUT2D eigenvalue weighted by Gasteiger charge is -2.58. The molecule has 0 bridgehead atoms. The summed E-state index contributed by atoms with van der Waals surface area (Å²) in [5.74, 6) is 0.198. The highest BCUT2D eigenvalue weighted by molar-refractivity contribution is 8.00. The Morgan fingerprint density at radius 1 is 0.948 bits per heavy atom. The van der Waals surface area contributed by atoms with Crippen molar-refractivity contribution in [1.82, 2.24) is 0 Å². The zero-order valence-electron chi connectivity index (χ0n) is 33.5. The van der Waals surface area contributed by atoms with E-state index < -0.39 is 16.3 Å². The Balaban J connectivity index is 1.42. The van der Waals surface area contributed by atoms with Gasteiger partial charge >= 0.3 is 0 Å². The van der Waals surface area contributed by atoms with Crippen LogP contribution in [0.5, 0.6) is 17.2 Å². The minimum atomic E-state index is -1.15. The van der Waals surface area contributed by atoms with Crippen LogP contribution in [0.4, 0.5) is 5.69 Å². The highest BCUT2D eigenvalue weighted by atomic mass is 32.2. The zero-order valence-corrected chi connectivity index (χ0v) is 34.4. The molecule has 1 saturated carbocycles. The maximum absolute atomic E-state index is 11.6. The number of aliphatic hydroxyl groups excluding tert-OH is 2. The fourth-order valence-corrected chi connectivity index (χ4v) is 10.2. The molecule has 58 heavy (non-hydrogen) atoms. The number of nitro benzene ring substituents is 1. The predicted octanol–water partition coefficient (Wildman–Crippen LogP) is 10.8. The topological polar surface area (TPSA) is 133 Å². The molecule has 1 fully saturated rings. The lowest BCUT2D eigenvalue weighted by atomic mass is 9.56. The molecule has 11 heteroatoms. The number of nitrogens with zero attached hydrogens (tertiary/aromatic N) is 2. The van der Waals surface area contributed by atoms with Crippen LogP contribution in [0.1, 0.15) is 77.2 Å². The minimum Gasteiger partial charge on any atom is -0.460 e. The second-order valence-corrected chi connectivity index (χ2v) is 17.7. The van der Waals surface area contributed by atoms with Gasteiger partial charge in [-0.1, -0.05) is 66.5 Å². The van der Waals surface area contributed by atoms with Crippen LogP contribution in [-0.4, -0.2) is 57.3 Å². The second kappa shape index (κ2) is 18.1. The van der Waals surface area contributed by atoms with Crippen molar-refractivity contribution in [1.29, 1.82) is 0 Å². The number of thioether (sulfide) groups is 1. The van der Waals surface area contributed by atoms with E-state index in [0.717, 1.165) is 58.2 Å². The van der Waals surface area contributed by atoms with Gasteiger partial charge < -0.3 is 29.3 Å². The maximum Gasteiger partial charge on any atom is 0.273 e. The predicted molar refractivity (Wildman–Crippen MR) is 229 cm³/mol. The summed E-state index contributed by atoms with van der Waals surface area (Å²) < 4.78 is 20.8. The number of fused-ring (bicyclic) bond motifs is 3. The normalized spacial score (nSPS) is 24.3. The lowest BCUT2D eigenvalue weighted by molar-refractivity contribution is -0.384. The van der Waals surface area contributed by atoms with Crippen molar-refractivity contribution in [3.05, 3.63) is 125 Å². The monoisotopic (exact) mass is 806 g/mol. The largest absolute Gasteiger partial charge is 0.460 e. The van der Waals surface area contributed by atoms with Gasteiger partial charge in [-0.3, -0.25) is 10.1 Å². The molecular formula is C47H54N2O8S. The van der Waals surface area contributed by atoms with E-state index in [0.29, 0.717) is 36.5 Å². The molecule has 4 aromatic carbocycles. The van der Waals surface area contributed by atoms with Crippen LogP contribution in [-0.2, 0) is 9.57 Å². The third-order valence-corrected chi connectivity index (χ3v) is 12.6. The van der Waals surface area contributed by atoms with Gasteiger partial charge in [0.15, 0.2) is 0 Å². The number of unbranched alkanes of at least 4 members (excludes halogenated alkanes) is 2. The average molecular weight is 807 g/mol. The van der Waals surface area contributed by atoms with E-state index in [2.05, 4.69) is 49.1 Å². The summed E-state index contributed by atoms with van der Waals surface area (Å²) >= 11 is 1.73.